The molecule has 0 N–H and O–H groups in total. The van der Waals surface area contributed by atoms with Gasteiger partial charge in [-0.2, -0.15) is 4.98 Å². The van der Waals surface area contributed by atoms with Crippen molar-refractivity contribution < 1.29 is 9.32 Å². The third-order valence-corrected chi connectivity index (χ3v) is 5.02. The molecule has 0 bridgehead atoms. The Balaban J connectivity index is 1.69. The van der Waals surface area contributed by atoms with E-state index < -0.39 is 0 Å². The Morgan fingerprint density at radius 3 is 2.89 bits per heavy atom. The van der Waals surface area contributed by atoms with Gasteiger partial charge in [-0.3, -0.25) is 4.79 Å². The number of hydrogen-bond donors (Lipinski definition) is 0. The quantitative estimate of drug-likeness (QED) is 0.847. The van der Waals surface area contributed by atoms with Crippen molar-refractivity contribution in [3.8, 4) is 10.7 Å². The molecule has 2 aromatic rings. The van der Waals surface area contributed by atoms with Crippen molar-refractivity contribution in [3.63, 3.8) is 0 Å². The molecule has 0 aliphatic heterocycles. The monoisotopic (exact) mass is 340 g/mol. The van der Waals surface area contributed by atoms with Gasteiger partial charge in [-0.15, -0.1) is 11.3 Å². The third-order valence-electron chi connectivity index (χ3n) is 3.40. The molecule has 1 aliphatic rings. The van der Waals surface area contributed by atoms with Gasteiger partial charge in [-0.05, 0) is 40.9 Å². The predicted octanol–water partition coefficient (Wildman–Crippen LogP) is 3.86. The van der Waals surface area contributed by atoms with Crippen LogP contribution in [0, 0.1) is 5.92 Å². The molecule has 3 rings (SSSR count). The molecule has 0 spiro atoms. The summed E-state index contributed by atoms with van der Waals surface area (Å²) >= 11 is 4.94. The highest BCUT2D eigenvalue weighted by atomic mass is 79.9. The molecule has 0 aromatic carbocycles. The summed E-state index contributed by atoms with van der Waals surface area (Å²) in [6.07, 6.45) is 4.61. The summed E-state index contributed by atoms with van der Waals surface area (Å²) in [5.41, 5.74) is 0. The lowest BCUT2D eigenvalue weighted by Gasteiger charge is -2.04. The number of thiophene rings is 1. The van der Waals surface area contributed by atoms with Crippen LogP contribution in [0.5, 0.6) is 0 Å². The first-order valence-corrected chi connectivity index (χ1v) is 7.94. The van der Waals surface area contributed by atoms with Crippen molar-refractivity contribution in [2.24, 2.45) is 5.92 Å². The Morgan fingerprint density at radius 1 is 1.42 bits per heavy atom. The molecule has 0 atom stereocenters. The van der Waals surface area contributed by atoms with Crippen molar-refractivity contribution >= 4 is 33.0 Å². The summed E-state index contributed by atoms with van der Waals surface area (Å²) in [4.78, 5) is 17.3. The van der Waals surface area contributed by atoms with Crippen molar-refractivity contribution in [1.82, 2.24) is 10.1 Å². The van der Waals surface area contributed by atoms with Crippen molar-refractivity contribution in [2.45, 2.75) is 32.1 Å². The molecular formula is C13H13BrN2O2S. The van der Waals surface area contributed by atoms with Crippen LogP contribution in [0.2, 0.25) is 0 Å². The average Bonchev–Trinajstić information content (AvgIpc) is 3.07. The third kappa shape index (κ3) is 2.95. The van der Waals surface area contributed by atoms with E-state index >= 15 is 0 Å². The van der Waals surface area contributed by atoms with Crippen LogP contribution in [-0.4, -0.2) is 15.9 Å². The lowest BCUT2D eigenvalue weighted by molar-refractivity contribution is -0.122. The van der Waals surface area contributed by atoms with Crippen molar-refractivity contribution in [2.75, 3.05) is 0 Å². The number of aromatic nitrogens is 2. The molecule has 2 heterocycles. The predicted molar refractivity (Wildman–Crippen MR) is 76.0 cm³/mol. The maximum Gasteiger partial charge on any atom is 0.234 e. The van der Waals surface area contributed by atoms with Crippen LogP contribution in [0.15, 0.2) is 20.4 Å². The van der Waals surface area contributed by atoms with Crippen LogP contribution in [0.3, 0.4) is 0 Å². The fourth-order valence-corrected chi connectivity index (χ4v) is 3.71. The van der Waals surface area contributed by atoms with E-state index in [1.807, 2.05) is 12.1 Å². The van der Waals surface area contributed by atoms with Gasteiger partial charge in [0.1, 0.15) is 5.78 Å². The first-order valence-electron chi connectivity index (χ1n) is 6.33. The molecule has 1 fully saturated rings. The number of carbonyl (C=O) groups is 1. The SMILES string of the molecule is O=C(Cc1nc(-c2ccc(Br)s2)no1)C1CCCC1. The standard InChI is InChI=1S/C13H13BrN2O2S/c14-11-6-5-10(19-11)13-15-12(18-16-13)7-9(17)8-3-1-2-4-8/h5-6,8H,1-4,7H2. The topological polar surface area (TPSA) is 56.0 Å². The van der Waals surface area contributed by atoms with Gasteiger partial charge in [0.25, 0.3) is 0 Å². The number of ketones is 1. The van der Waals surface area contributed by atoms with E-state index in [0.29, 0.717) is 11.7 Å². The van der Waals surface area contributed by atoms with Gasteiger partial charge in [-0.1, -0.05) is 18.0 Å². The van der Waals surface area contributed by atoms with Gasteiger partial charge in [0.05, 0.1) is 15.1 Å². The van der Waals surface area contributed by atoms with E-state index in [2.05, 4.69) is 26.1 Å². The van der Waals surface area contributed by atoms with Crippen molar-refractivity contribution in [1.29, 1.82) is 0 Å². The highest BCUT2D eigenvalue weighted by molar-refractivity contribution is 9.11. The molecule has 4 nitrogen and oxygen atoms in total. The normalized spacial score (nSPS) is 16.1. The molecule has 100 valence electrons. The minimum absolute atomic E-state index is 0.200. The van der Waals surface area contributed by atoms with E-state index in [4.69, 9.17) is 4.52 Å². The molecule has 1 aliphatic carbocycles. The molecule has 0 amide bonds. The van der Waals surface area contributed by atoms with Crippen molar-refractivity contribution in [3.05, 3.63) is 21.8 Å². The summed E-state index contributed by atoms with van der Waals surface area (Å²) in [7, 11) is 0. The molecule has 0 radical (unpaired) electrons. The highest BCUT2D eigenvalue weighted by Gasteiger charge is 2.24. The minimum atomic E-state index is 0.200. The van der Waals surface area contributed by atoms with Gasteiger partial charge in [0, 0.05) is 5.92 Å². The molecule has 19 heavy (non-hydrogen) atoms. The Kier molecular flexibility index (Phi) is 3.79. The number of nitrogens with zero attached hydrogens (tertiary/aromatic N) is 2. The van der Waals surface area contributed by atoms with Crippen LogP contribution in [0.1, 0.15) is 31.6 Å². The lowest BCUT2D eigenvalue weighted by Crippen LogP contribution is -2.13. The lowest BCUT2D eigenvalue weighted by atomic mass is 10.0. The zero-order valence-corrected chi connectivity index (χ0v) is 12.7. The number of rotatable bonds is 4. The summed E-state index contributed by atoms with van der Waals surface area (Å²) in [6, 6.07) is 3.88. The van der Waals surface area contributed by atoms with Crippen LogP contribution < -0.4 is 0 Å². The van der Waals surface area contributed by atoms with E-state index in [-0.39, 0.29) is 18.1 Å². The summed E-state index contributed by atoms with van der Waals surface area (Å²) in [6.45, 7) is 0. The maximum absolute atomic E-state index is 12.0. The average molecular weight is 341 g/mol. The van der Waals surface area contributed by atoms with Gasteiger partial charge in [-0.25, -0.2) is 0 Å². The van der Waals surface area contributed by atoms with E-state index in [1.54, 1.807) is 11.3 Å². The Labute approximate surface area is 123 Å². The molecule has 1 saturated carbocycles. The van der Waals surface area contributed by atoms with E-state index in [9.17, 15) is 4.79 Å². The first kappa shape index (κ1) is 13.0. The Hall–Kier alpha value is -1.01. The second-order valence-electron chi connectivity index (χ2n) is 4.74. The largest absolute Gasteiger partial charge is 0.338 e. The fraction of sp³-hybridized carbons (Fsp3) is 0.462. The van der Waals surface area contributed by atoms with Crippen LogP contribution in [0.25, 0.3) is 10.7 Å². The Morgan fingerprint density at radius 2 is 2.21 bits per heavy atom. The van der Waals surface area contributed by atoms with Gasteiger partial charge in [0.15, 0.2) is 0 Å². The zero-order chi connectivity index (χ0) is 13.2. The molecule has 0 saturated heterocycles. The summed E-state index contributed by atoms with van der Waals surface area (Å²) in [5.74, 6) is 1.42. The summed E-state index contributed by atoms with van der Waals surface area (Å²) in [5, 5.41) is 3.93. The van der Waals surface area contributed by atoms with E-state index in [1.165, 1.54) is 0 Å². The molecule has 0 unspecified atom stereocenters. The minimum Gasteiger partial charge on any atom is -0.338 e. The highest BCUT2D eigenvalue weighted by Crippen LogP contribution is 2.30. The Bertz CT molecular complexity index is 587. The van der Waals surface area contributed by atoms with Crippen LogP contribution >= 0.6 is 27.3 Å². The number of Topliss-reactive ketones (excluding diaryl/α,β-unsaturated/α-hetero) is 1. The van der Waals surface area contributed by atoms with Gasteiger partial charge >= 0.3 is 0 Å². The molecule has 2 aromatic heterocycles. The number of halogens is 1. The van der Waals surface area contributed by atoms with Crippen LogP contribution in [-0.2, 0) is 11.2 Å². The second kappa shape index (κ2) is 5.54. The zero-order valence-electron chi connectivity index (χ0n) is 10.3. The summed E-state index contributed by atoms with van der Waals surface area (Å²) < 4.78 is 6.19. The molecular weight excluding hydrogens is 328 g/mol. The van der Waals surface area contributed by atoms with Gasteiger partial charge in [0.2, 0.25) is 11.7 Å². The second-order valence-corrected chi connectivity index (χ2v) is 7.20. The smallest absolute Gasteiger partial charge is 0.234 e. The van der Waals surface area contributed by atoms with Gasteiger partial charge < -0.3 is 4.52 Å². The maximum atomic E-state index is 12.0. The fourth-order valence-electron chi connectivity index (χ4n) is 2.40. The molecule has 6 heteroatoms. The van der Waals surface area contributed by atoms with Crippen LogP contribution in [0.4, 0.5) is 0 Å². The van der Waals surface area contributed by atoms with E-state index in [0.717, 1.165) is 34.3 Å². The number of hydrogen-bond acceptors (Lipinski definition) is 5. The number of carbonyl (C=O) groups excluding carboxylic acids is 1. The first-order chi connectivity index (χ1) is 9.22.